The first kappa shape index (κ1) is 11.5. The molecule has 1 aromatic heterocycles. The lowest BCUT2D eigenvalue weighted by atomic mass is 10.2. The fraction of sp³-hybridized carbons (Fsp3) is 0.417. The Kier molecular flexibility index (Phi) is 3.19. The molecule has 3 rings (SSSR count). The van der Waals surface area contributed by atoms with Crippen molar-refractivity contribution in [3.63, 3.8) is 0 Å². The Morgan fingerprint density at radius 2 is 2.12 bits per heavy atom. The van der Waals surface area contributed by atoms with Gasteiger partial charge in [-0.25, -0.2) is 4.98 Å². The molecular weight excluding hydrogens is 268 g/mol. The van der Waals surface area contributed by atoms with E-state index in [4.69, 9.17) is 4.74 Å². The highest BCUT2D eigenvalue weighted by Gasteiger charge is 2.17. The number of ether oxygens (including phenoxy) is 1. The van der Waals surface area contributed by atoms with Gasteiger partial charge in [-0.15, -0.1) is 0 Å². The van der Waals surface area contributed by atoms with Crippen molar-refractivity contribution >= 4 is 27.0 Å². The molecule has 1 aliphatic heterocycles. The Morgan fingerprint density at radius 1 is 1.38 bits per heavy atom. The summed E-state index contributed by atoms with van der Waals surface area (Å²) >= 11 is 3.45. The second-order valence-corrected chi connectivity index (χ2v) is 4.35. The van der Waals surface area contributed by atoms with E-state index in [1.165, 1.54) is 0 Å². The molecule has 0 fully saturated rings. The van der Waals surface area contributed by atoms with Gasteiger partial charge < -0.3 is 9.30 Å². The fourth-order valence-electron chi connectivity index (χ4n) is 1.94. The number of benzene rings is 1. The molecule has 16 heavy (non-hydrogen) atoms. The van der Waals surface area contributed by atoms with Crippen molar-refractivity contribution in [1.82, 2.24) is 9.55 Å². The number of aryl methyl sites for hydroxylation is 1. The second-order valence-electron chi connectivity index (χ2n) is 3.43. The van der Waals surface area contributed by atoms with Gasteiger partial charge in [0, 0.05) is 4.47 Å². The molecule has 0 saturated heterocycles. The lowest BCUT2D eigenvalue weighted by Gasteiger charge is -2.17. The number of halogens is 1. The molecule has 1 aromatic carbocycles. The summed E-state index contributed by atoms with van der Waals surface area (Å²) in [6, 6.07) is 4.02. The first-order chi connectivity index (χ1) is 7.75. The molecule has 0 radical (unpaired) electrons. The van der Waals surface area contributed by atoms with E-state index in [0.717, 1.165) is 40.2 Å². The van der Waals surface area contributed by atoms with Gasteiger partial charge in [-0.2, -0.15) is 0 Å². The van der Waals surface area contributed by atoms with Gasteiger partial charge in [0.2, 0.25) is 0 Å². The van der Waals surface area contributed by atoms with Gasteiger partial charge >= 0.3 is 0 Å². The van der Waals surface area contributed by atoms with Crippen LogP contribution in [0.5, 0.6) is 5.75 Å². The van der Waals surface area contributed by atoms with Gasteiger partial charge in [0.1, 0.15) is 23.7 Å². The molecule has 0 spiro atoms. The molecule has 0 bridgehead atoms. The van der Waals surface area contributed by atoms with Crippen LogP contribution in [-0.4, -0.2) is 16.2 Å². The average Bonchev–Trinajstić information content (AvgIpc) is 2.60. The highest BCUT2D eigenvalue weighted by Crippen LogP contribution is 2.32. The van der Waals surface area contributed by atoms with Crippen molar-refractivity contribution in [3.05, 3.63) is 22.4 Å². The molecule has 0 saturated carbocycles. The Morgan fingerprint density at radius 3 is 2.88 bits per heavy atom. The average molecular weight is 283 g/mol. The zero-order chi connectivity index (χ0) is 11.7. The zero-order valence-electron chi connectivity index (χ0n) is 9.75. The fourth-order valence-corrected chi connectivity index (χ4v) is 2.37. The van der Waals surface area contributed by atoms with Gasteiger partial charge in [-0.1, -0.05) is 29.8 Å². The summed E-state index contributed by atoms with van der Waals surface area (Å²) in [5, 5.41) is 0. The van der Waals surface area contributed by atoms with E-state index < -0.39 is 0 Å². The van der Waals surface area contributed by atoms with Crippen LogP contribution in [0.25, 0.3) is 11.0 Å². The van der Waals surface area contributed by atoms with E-state index in [9.17, 15) is 0 Å². The molecule has 2 aromatic rings. The third-order valence-electron chi connectivity index (χ3n) is 2.53. The van der Waals surface area contributed by atoms with Gasteiger partial charge in [-0.3, -0.25) is 0 Å². The topological polar surface area (TPSA) is 27.1 Å². The maximum atomic E-state index is 5.60. The minimum absolute atomic E-state index is 0.732. The van der Waals surface area contributed by atoms with E-state index in [1.807, 2.05) is 32.9 Å². The molecule has 0 N–H and O–H groups in total. The molecule has 0 unspecified atom stereocenters. The Labute approximate surface area is 104 Å². The number of rotatable bonds is 0. The van der Waals surface area contributed by atoms with Crippen molar-refractivity contribution < 1.29 is 4.74 Å². The van der Waals surface area contributed by atoms with Crippen LogP contribution in [0.4, 0.5) is 0 Å². The third kappa shape index (κ3) is 1.71. The Balaban J connectivity index is 0.000000457. The number of imidazole rings is 1. The van der Waals surface area contributed by atoms with Crippen molar-refractivity contribution in [2.45, 2.75) is 27.3 Å². The van der Waals surface area contributed by atoms with E-state index in [2.05, 4.69) is 25.5 Å². The second kappa shape index (κ2) is 4.45. The molecule has 1 aliphatic rings. The van der Waals surface area contributed by atoms with Crippen molar-refractivity contribution in [2.24, 2.45) is 0 Å². The minimum atomic E-state index is 0.732. The zero-order valence-corrected chi connectivity index (χ0v) is 11.3. The van der Waals surface area contributed by atoms with Crippen molar-refractivity contribution in [2.75, 3.05) is 6.61 Å². The highest BCUT2D eigenvalue weighted by molar-refractivity contribution is 9.10. The number of aromatic nitrogens is 2. The summed E-state index contributed by atoms with van der Waals surface area (Å²) in [6.45, 7) is 7.66. The monoisotopic (exact) mass is 282 g/mol. The molecule has 0 amide bonds. The third-order valence-corrected chi connectivity index (χ3v) is 2.99. The summed E-state index contributed by atoms with van der Waals surface area (Å²) in [7, 11) is 0. The van der Waals surface area contributed by atoms with Crippen LogP contribution in [0.2, 0.25) is 0 Å². The Bertz CT molecular complexity index is 519. The summed E-state index contributed by atoms with van der Waals surface area (Å²) in [5.74, 6) is 1.99. The van der Waals surface area contributed by atoms with Crippen LogP contribution < -0.4 is 4.74 Å². The minimum Gasteiger partial charge on any atom is -0.489 e. The Hall–Kier alpha value is -1.03. The van der Waals surface area contributed by atoms with Crippen molar-refractivity contribution in [1.29, 1.82) is 0 Å². The molecular formula is C12H15BrN2O. The molecule has 4 heteroatoms. The first-order valence-electron chi connectivity index (χ1n) is 5.55. The summed E-state index contributed by atoms with van der Waals surface area (Å²) in [4.78, 5) is 4.50. The van der Waals surface area contributed by atoms with Crippen LogP contribution in [0.1, 0.15) is 19.7 Å². The first-order valence-corrected chi connectivity index (χ1v) is 6.34. The van der Waals surface area contributed by atoms with Gasteiger partial charge in [-0.05, 0) is 19.1 Å². The standard InChI is InChI=1S/C10H9BrN2O.C2H6/c1-6-12-8-4-7(11)5-9-10(8)13(6)2-3-14-9;1-2/h4-5H,2-3H2,1H3;1-2H3. The predicted octanol–water partition coefficient (Wildman–Crippen LogP) is 3.53. The molecule has 0 aliphatic carbocycles. The molecule has 86 valence electrons. The van der Waals surface area contributed by atoms with Crippen LogP contribution in [0.15, 0.2) is 16.6 Å². The quantitative estimate of drug-likeness (QED) is 0.739. The molecule has 2 heterocycles. The van der Waals surface area contributed by atoms with Gasteiger partial charge in [0.25, 0.3) is 0 Å². The van der Waals surface area contributed by atoms with Crippen LogP contribution in [0.3, 0.4) is 0 Å². The highest BCUT2D eigenvalue weighted by atomic mass is 79.9. The smallest absolute Gasteiger partial charge is 0.146 e. The normalized spacial score (nSPS) is 13.0. The lowest BCUT2D eigenvalue weighted by Crippen LogP contribution is -2.14. The maximum absolute atomic E-state index is 5.60. The van der Waals surface area contributed by atoms with E-state index in [0.29, 0.717) is 0 Å². The van der Waals surface area contributed by atoms with E-state index in [1.54, 1.807) is 0 Å². The summed E-state index contributed by atoms with van der Waals surface area (Å²) < 4.78 is 8.83. The van der Waals surface area contributed by atoms with E-state index >= 15 is 0 Å². The van der Waals surface area contributed by atoms with Crippen LogP contribution >= 0.6 is 15.9 Å². The van der Waals surface area contributed by atoms with Gasteiger partial charge in [0.05, 0.1) is 12.1 Å². The molecule has 0 atom stereocenters. The summed E-state index contributed by atoms with van der Waals surface area (Å²) in [5.41, 5.74) is 2.13. The van der Waals surface area contributed by atoms with Crippen molar-refractivity contribution in [3.8, 4) is 5.75 Å². The lowest BCUT2D eigenvalue weighted by molar-refractivity contribution is 0.285. The van der Waals surface area contributed by atoms with Crippen LogP contribution in [0, 0.1) is 6.92 Å². The SMILES string of the molecule is CC.Cc1nc2cc(Br)cc3c2n1CCO3. The van der Waals surface area contributed by atoms with Crippen LogP contribution in [-0.2, 0) is 6.54 Å². The van der Waals surface area contributed by atoms with Gasteiger partial charge in [0.15, 0.2) is 0 Å². The largest absolute Gasteiger partial charge is 0.489 e. The van der Waals surface area contributed by atoms with E-state index in [-0.39, 0.29) is 0 Å². The number of hydrogen-bond acceptors (Lipinski definition) is 2. The predicted molar refractivity (Wildman–Crippen MR) is 69.0 cm³/mol. The number of nitrogens with zero attached hydrogens (tertiary/aromatic N) is 2. The maximum Gasteiger partial charge on any atom is 0.146 e. The number of hydrogen-bond donors (Lipinski definition) is 0. The summed E-state index contributed by atoms with van der Waals surface area (Å²) in [6.07, 6.45) is 0. The molecule has 3 nitrogen and oxygen atoms in total.